The third kappa shape index (κ3) is 3.27. The molecule has 4 heteroatoms. The predicted octanol–water partition coefficient (Wildman–Crippen LogP) is 0.707. The van der Waals surface area contributed by atoms with Gasteiger partial charge in [0.05, 0.1) is 13.2 Å². The van der Waals surface area contributed by atoms with E-state index in [1.54, 1.807) is 7.05 Å². The van der Waals surface area contributed by atoms with Gasteiger partial charge in [-0.05, 0) is 13.5 Å². The molecule has 1 atom stereocenters. The van der Waals surface area contributed by atoms with Crippen LogP contribution < -0.4 is 5.32 Å². The second kappa shape index (κ2) is 5.98. The van der Waals surface area contributed by atoms with Gasteiger partial charge in [-0.15, -0.1) is 0 Å². The van der Waals surface area contributed by atoms with Crippen molar-refractivity contribution in [1.82, 2.24) is 5.32 Å². The van der Waals surface area contributed by atoms with Crippen molar-refractivity contribution in [2.24, 2.45) is 0 Å². The third-order valence-electron chi connectivity index (χ3n) is 2.49. The highest BCUT2D eigenvalue weighted by atomic mass is 16.6. The number of nitrogens with one attached hydrogen (secondary N) is 1. The van der Waals surface area contributed by atoms with E-state index in [1.165, 1.54) is 0 Å². The zero-order chi connectivity index (χ0) is 10.4. The zero-order valence-electron chi connectivity index (χ0n) is 8.91. The molecule has 0 spiro atoms. The van der Waals surface area contributed by atoms with Gasteiger partial charge in [-0.3, -0.25) is 4.79 Å². The van der Waals surface area contributed by atoms with Crippen molar-refractivity contribution in [2.45, 2.75) is 38.3 Å². The zero-order valence-corrected chi connectivity index (χ0v) is 8.91. The number of carbonyl (C=O) groups excluding carboxylic acids is 1. The van der Waals surface area contributed by atoms with Crippen LogP contribution in [-0.4, -0.2) is 38.4 Å². The van der Waals surface area contributed by atoms with Crippen LogP contribution in [0.15, 0.2) is 0 Å². The van der Waals surface area contributed by atoms with Crippen LogP contribution in [-0.2, 0) is 14.3 Å². The molecule has 0 aromatic heterocycles. The number of rotatable bonds is 4. The van der Waals surface area contributed by atoms with Gasteiger partial charge in [0.15, 0.2) is 0 Å². The van der Waals surface area contributed by atoms with Crippen LogP contribution in [0.25, 0.3) is 0 Å². The number of hydrogen-bond donors (Lipinski definition) is 1. The monoisotopic (exact) mass is 201 g/mol. The number of likely N-dealkylation sites (N-methyl/N-ethyl adjacent to an activating group) is 1. The van der Waals surface area contributed by atoms with Crippen LogP contribution in [0.3, 0.4) is 0 Å². The molecule has 0 aliphatic carbocycles. The Kier molecular flexibility index (Phi) is 4.90. The fraction of sp³-hybridized carbons (Fsp3) is 0.900. The van der Waals surface area contributed by atoms with E-state index in [1.807, 2.05) is 6.92 Å². The Balaban J connectivity index is 2.30. The molecule has 1 rings (SSSR count). The van der Waals surface area contributed by atoms with Crippen molar-refractivity contribution in [3.63, 3.8) is 0 Å². The lowest BCUT2D eigenvalue weighted by molar-refractivity contribution is -0.155. The highest BCUT2D eigenvalue weighted by Crippen LogP contribution is 2.11. The molecule has 0 aromatic carbocycles. The van der Waals surface area contributed by atoms with Crippen molar-refractivity contribution < 1.29 is 14.3 Å². The standard InChI is InChI=1S/C10H19NO3/c1-3-9(11-2)10(12)14-8-4-6-13-7-5-8/h8-9,11H,3-7H2,1-2H3. The lowest BCUT2D eigenvalue weighted by Gasteiger charge is -2.24. The first-order chi connectivity index (χ1) is 6.77. The maximum atomic E-state index is 11.5. The first-order valence-corrected chi connectivity index (χ1v) is 5.23. The van der Waals surface area contributed by atoms with E-state index < -0.39 is 0 Å². The van der Waals surface area contributed by atoms with Gasteiger partial charge in [-0.1, -0.05) is 6.92 Å². The van der Waals surface area contributed by atoms with Gasteiger partial charge in [0.1, 0.15) is 12.1 Å². The normalized spacial score (nSPS) is 20.4. The molecule has 0 radical (unpaired) electrons. The largest absolute Gasteiger partial charge is 0.461 e. The predicted molar refractivity (Wildman–Crippen MR) is 53.1 cm³/mol. The summed E-state index contributed by atoms with van der Waals surface area (Å²) in [5, 5.41) is 2.94. The number of esters is 1. The molecule has 1 heterocycles. The van der Waals surface area contributed by atoms with E-state index >= 15 is 0 Å². The van der Waals surface area contributed by atoms with Crippen molar-refractivity contribution in [3.8, 4) is 0 Å². The maximum Gasteiger partial charge on any atom is 0.323 e. The second-order valence-corrected chi connectivity index (χ2v) is 3.50. The van der Waals surface area contributed by atoms with Crippen LogP contribution in [0.4, 0.5) is 0 Å². The van der Waals surface area contributed by atoms with Crippen LogP contribution in [0, 0.1) is 0 Å². The lowest BCUT2D eigenvalue weighted by Crippen LogP contribution is -2.38. The summed E-state index contributed by atoms with van der Waals surface area (Å²) in [4.78, 5) is 11.5. The smallest absolute Gasteiger partial charge is 0.323 e. The molecule has 1 fully saturated rings. The molecule has 14 heavy (non-hydrogen) atoms. The number of ether oxygens (including phenoxy) is 2. The molecular weight excluding hydrogens is 182 g/mol. The summed E-state index contributed by atoms with van der Waals surface area (Å²) in [5.41, 5.74) is 0. The molecule has 82 valence electrons. The maximum absolute atomic E-state index is 11.5. The Hall–Kier alpha value is -0.610. The molecule has 1 saturated heterocycles. The average Bonchev–Trinajstić information content (AvgIpc) is 2.21. The Labute approximate surface area is 85.0 Å². The van der Waals surface area contributed by atoms with Gasteiger partial charge >= 0.3 is 5.97 Å². The summed E-state index contributed by atoms with van der Waals surface area (Å²) in [6, 6.07) is -0.169. The van der Waals surface area contributed by atoms with Crippen molar-refractivity contribution in [3.05, 3.63) is 0 Å². The topological polar surface area (TPSA) is 47.6 Å². The summed E-state index contributed by atoms with van der Waals surface area (Å²) in [6.45, 7) is 3.37. The van der Waals surface area contributed by atoms with Gasteiger partial charge in [0.2, 0.25) is 0 Å². The molecule has 0 aromatic rings. The highest BCUT2D eigenvalue weighted by Gasteiger charge is 2.22. The van der Waals surface area contributed by atoms with Gasteiger partial charge < -0.3 is 14.8 Å². The lowest BCUT2D eigenvalue weighted by atomic mass is 10.1. The molecule has 1 aliphatic rings. The quantitative estimate of drug-likeness (QED) is 0.680. The summed E-state index contributed by atoms with van der Waals surface area (Å²) in [6.07, 6.45) is 2.47. The molecule has 1 N–H and O–H groups in total. The minimum Gasteiger partial charge on any atom is -0.461 e. The molecular formula is C10H19NO3. The number of hydrogen-bond acceptors (Lipinski definition) is 4. The fourth-order valence-corrected chi connectivity index (χ4v) is 1.53. The Bertz CT molecular complexity index is 174. The first kappa shape index (κ1) is 11.5. The molecule has 4 nitrogen and oxygen atoms in total. The van der Waals surface area contributed by atoms with Gasteiger partial charge in [-0.2, -0.15) is 0 Å². The number of carbonyl (C=O) groups is 1. The SMILES string of the molecule is CCC(NC)C(=O)OC1CCOCC1. The minimum atomic E-state index is -0.169. The van der Waals surface area contributed by atoms with E-state index in [0.717, 1.165) is 19.3 Å². The van der Waals surface area contributed by atoms with Crippen LogP contribution in [0.1, 0.15) is 26.2 Å². The van der Waals surface area contributed by atoms with Crippen molar-refractivity contribution in [1.29, 1.82) is 0 Å². The van der Waals surface area contributed by atoms with Crippen LogP contribution >= 0.6 is 0 Å². The second-order valence-electron chi connectivity index (χ2n) is 3.50. The molecule has 1 unspecified atom stereocenters. The van der Waals surface area contributed by atoms with Crippen molar-refractivity contribution >= 4 is 5.97 Å². The Morgan fingerprint density at radius 3 is 2.71 bits per heavy atom. The third-order valence-corrected chi connectivity index (χ3v) is 2.49. The molecule has 0 amide bonds. The van der Waals surface area contributed by atoms with E-state index in [9.17, 15) is 4.79 Å². The van der Waals surface area contributed by atoms with E-state index in [2.05, 4.69) is 5.32 Å². The van der Waals surface area contributed by atoms with Gasteiger partial charge in [-0.25, -0.2) is 0 Å². The Morgan fingerprint density at radius 1 is 1.57 bits per heavy atom. The molecule has 1 aliphatic heterocycles. The van der Waals surface area contributed by atoms with Crippen LogP contribution in [0.5, 0.6) is 0 Å². The first-order valence-electron chi connectivity index (χ1n) is 5.23. The fourth-order valence-electron chi connectivity index (χ4n) is 1.53. The van der Waals surface area contributed by atoms with Gasteiger partial charge in [0.25, 0.3) is 0 Å². The minimum absolute atomic E-state index is 0.0543. The summed E-state index contributed by atoms with van der Waals surface area (Å²) >= 11 is 0. The Morgan fingerprint density at radius 2 is 2.21 bits per heavy atom. The van der Waals surface area contributed by atoms with E-state index in [0.29, 0.717) is 13.2 Å². The van der Waals surface area contributed by atoms with Gasteiger partial charge in [0, 0.05) is 12.8 Å². The molecule has 0 saturated carbocycles. The summed E-state index contributed by atoms with van der Waals surface area (Å²) in [7, 11) is 1.78. The highest BCUT2D eigenvalue weighted by molar-refractivity contribution is 5.75. The van der Waals surface area contributed by atoms with Crippen LogP contribution in [0.2, 0.25) is 0 Å². The van der Waals surface area contributed by atoms with E-state index in [4.69, 9.17) is 9.47 Å². The molecule has 0 bridgehead atoms. The summed E-state index contributed by atoms with van der Waals surface area (Å²) < 4.78 is 10.5. The van der Waals surface area contributed by atoms with Crippen molar-refractivity contribution in [2.75, 3.05) is 20.3 Å². The summed E-state index contributed by atoms with van der Waals surface area (Å²) in [5.74, 6) is -0.137. The van der Waals surface area contributed by atoms with E-state index in [-0.39, 0.29) is 18.1 Å². The average molecular weight is 201 g/mol.